The van der Waals surface area contributed by atoms with Crippen molar-refractivity contribution in [3.8, 4) is 0 Å². The van der Waals surface area contributed by atoms with Gasteiger partial charge < -0.3 is 5.11 Å². The number of aliphatic hydroxyl groups is 1. The maximum atomic E-state index is 9.58. The summed E-state index contributed by atoms with van der Waals surface area (Å²) in [5.74, 6) is 0.678. The molecule has 1 heteroatoms. The largest absolute Gasteiger partial charge is 0.393 e. The van der Waals surface area contributed by atoms with Crippen LogP contribution in [0, 0.1) is 0 Å². The molecule has 1 nitrogen and oxygen atoms in total. The summed E-state index contributed by atoms with van der Waals surface area (Å²) in [7, 11) is 0. The molecule has 2 rings (SSSR count). The smallest absolute Gasteiger partial charge is 0.0540 e. The van der Waals surface area contributed by atoms with E-state index in [-0.39, 0.29) is 6.10 Å². The van der Waals surface area contributed by atoms with Crippen LogP contribution < -0.4 is 0 Å². The van der Waals surface area contributed by atoms with Gasteiger partial charge >= 0.3 is 0 Å². The monoisotopic (exact) mass is 274 g/mol. The Bertz CT molecular complexity index is 360. The Kier molecular flexibility index (Phi) is 6.59. The molecule has 1 aliphatic carbocycles. The van der Waals surface area contributed by atoms with Crippen molar-refractivity contribution in [2.24, 2.45) is 0 Å². The zero-order valence-electron chi connectivity index (χ0n) is 13.0. The second-order valence-electron chi connectivity index (χ2n) is 6.41. The summed E-state index contributed by atoms with van der Waals surface area (Å²) in [4.78, 5) is 0. The lowest BCUT2D eigenvalue weighted by Crippen LogP contribution is -2.16. The van der Waals surface area contributed by atoms with Crippen LogP contribution in [0.3, 0.4) is 0 Å². The fraction of sp³-hybridized carbons (Fsp3) is 0.684. The summed E-state index contributed by atoms with van der Waals surface area (Å²) in [6.45, 7) is 2.27. The average Bonchev–Trinajstić information content (AvgIpc) is 2.49. The summed E-state index contributed by atoms with van der Waals surface area (Å²) in [5.41, 5.74) is 2.97. The van der Waals surface area contributed by atoms with Crippen molar-refractivity contribution in [3.05, 3.63) is 35.4 Å². The first-order valence-corrected chi connectivity index (χ1v) is 8.56. The van der Waals surface area contributed by atoms with E-state index in [1.54, 1.807) is 0 Å². The Labute approximate surface area is 124 Å². The minimum absolute atomic E-state index is 0.0476. The van der Waals surface area contributed by atoms with E-state index in [0.29, 0.717) is 5.92 Å². The second kappa shape index (κ2) is 8.46. The predicted octanol–water partition coefficient (Wildman–Crippen LogP) is 5.22. The zero-order valence-corrected chi connectivity index (χ0v) is 13.0. The molecule has 0 unspecified atom stereocenters. The van der Waals surface area contributed by atoms with Gasteiger partial charge in [0.05, 0.1) is 6.10 Å². The third-order valence-corrected chi connectivity index (χ3v) is 4.72. The topological polar surface area (TPSA) is 20.2 Å². The molecule has 1 N–H and O–H groups in total. The van der Waals surface area contributed by atoms with Crippen molar-refractivity contribution in [2.75, 3.05) is 0 Å². The van der Waals surface area contributed by atoms with Crippen molar-refractivity contribution < 1.29 is 5.11 Å². The lowest BCUT2D eigenvalue weighted by Gasteiger charge is -2.25. The van der Waals surface area contributed by atoms with Crippen molar-refractivity contribution in [2.45, 2.75) is 83.2 Å². The minimum atomic E-state index is -0.0476. The Hall–Kier alpha value is -0.820. The van der Waals surface area contributed by atoms with Gasteiger partial charge in [-0.1, -0.05) is 56.9 Å². The molecule has 0 spiro atoms. The third kappa shape index (κ3) is 4.94. The maximum Gasteiger partial charge on any atom is 0.0540 e. The highest BCUT2D eigenvalue weighted by Crippen LogP contribution is 2.32. The van der Waals surface area contributed by atoms with Gasteiger partial charge in [0, 0.05) is 0 Å². The van der Waals surface area contributed by atoms with Gasteiger partial charge in [0.25, 0.3) is 0 Å². The van der Waals surface area contributed by atoms with Crippen molar-refractivity contribution in [1.82, 2.24) is 0 Å². The highest BCUT2D eigenvalue weighted by molar-refractivity contribution is 5.26. The van der Waals surface area contributed by atoms with E-state index in [0.717, 1.165) is 25.7 Å². The molecule has 1 aliphatic rings. The van der Waals surface area contributed by atoms with E-state index < -0.39 is 0 Å². The predicted molar refractivity (Wildman–Crippen MR) is 86.1 cm³/mol. The lowest BCUT2D eigenvalue weighted by atomic mass is 9.82. The van der Waals surface area contributed by atoms with Crippen LogP contribution in [0.4, 0.5) is 0 Å². The molecular formula is C19H30O. The zero-order chi connectivity index (χ0) is 14.2. The number of benzene rings is 1. The molecule has 1 fully saturated rings. The normalized spacial score (nSPS) is 22.9. The van der Waals surface area contributed by atoms with E-state index >= 15 is 0 Å². The summed E-state index contributed by atoms with van der Waals surface area (Å²) in [5, 5.41) is 9.58. The quantitative estimate of drug-likeness (QED) is 0.676. The Morgan fingerprint density at radius 3 is 2.20 bits per heavy atom. The van der Waals surface area contributed by atoms with Crippen LogP contribution in [-0.2, 0) is 6.42 Å². The van der Waals surface area contributed by atoms with Gasteiger partial charge in [-0.05, 0) is 55.6 Å². The summed E-state index contributed by atoms with van der Waals surface area (Å²) >= 11 is 0. The Morgan fingerprint density at radius 2 is 1.55 bits per heavy atom. The number of unbranched alkanes of at least 4 members (excludes halogenated alkanes) is 4. The number of aryl methyl sites for hydroxylation is 1. The van der Waals surface area contributed by atoms with Gasteiger partial charge in [0.1, 0.15) is 0 Å². The Morgan fingerprint density at radius 1 is 0.900 bits per heavy atom. The molecule has 0 bridgehead atoms. The minimum Gasteiger partial charge on any atom is -0.393 e. The summed E-state index contributed by atoms with van der Waals surface area (Å²) in [6, 6.07) is 9.29. The number of rotatable bonds is 7. The van der Waals surface area contributed by atoms with Gasteiger partial charge in [-0.2, -0.15) is 0 Å². The standard InChI is InChI=1S/C19H30O/c1-2-3-4-5-6-7-16-8-10-17(11-9-16)18-12-14-19(20)15-13-18/h8-11,18-20H,2-7,12-15H2,1H3/t18-,19-. The van der Waals surface area contributed by atoms with Gasteiger partial charge in [-0.25, -0.2) is 0 Å². The molecule has 20 heavy (non-hydrogen) atoms. The highest BCUT2D eigenvalue weighted by atomic mass is 16.3. The van der Waals surface area contributed by atoms with Crippen LogP contribution in [0.2, 0.25) is 0 Å². The molecule has 1 aromatic carbocycles. The first-order valence-electron chi connectivity index (χ1n) is 8.56. The van der Waals surface area contributed by atoms with E-state index in [1.165, 1.54) is 49.7 Å². The molecule has 0 aliphatic heterocycles. The van der Waals surface area contributed by atoms with Crippen molar-refractivity contribution in [3.63, 3.8) is 0 Å². The van der Waals surface area contributed by atoms with E-state index in [1.807, 2.05) is 0 Å². The first kappa shape index (κ1) is 15.6. The van der Waals surface area contributed by atoms with Gasteiger partial charge in [0.15, 0.2) is 0 Å². The number of hydrogen-bond acceptors (Lipinski definition) is 1. The van der Waals surface area contributed by atoms with Crippen LogP contribution in [0.15, 0.2) is 24.3 Å². The molecule has 0 heterocycles. The molecule has 0 amide bonds. The molecule has 1 saturated carbocycles. The first-order chi connectivity index (χ1) is 9.79. The molecule has 0 radical (unpaired) electrons. The average molecular weight is 274 g/mol. The maximum absolute atomic E-state index is 9.58. The van der Waals surface area contributed by atoms with Crippen LogP contribution in [-0.4, -0.2) is 11.2 Å². The SMILES string of the molecule is CCCCCCCc1ccc([C@H]2CC[C@H](O)CC2)cc1. The lowest BCUT2D eigenvalue weighted by molar-refractivity contribution is 0.122. The van der Waals surface area contributed by atoms with Gasteiger partial charge in [-0.3, -0.25) is 0 Å². The van der Waals surface area contributed by atoms with Crippen LogP contribution in [0.25, 0.3) is 0 Å². The van der Waals surface area contributed by atoms with Crippen LogP contribution >= 0.6 is 0 Å². The van der Waals surface area contributed by atoms with E-state index in [9.17, 15) is 5.11 Å². The van der Waals surface area contributed by atoms with Crippen molar-refractivity contribution >= 4 is 0 Å². The van der Waals surface area contributed by atoms with E-state index in [2.05, 4.69) is 31.2 Å². The molecule has 0 atom stereocenters. The third-order valence-electron chi connectivity index (χ3n) is 4.72. The Balaban J connectivity index is 1.75. The van der Waals surface area contributed by atoms with Gasteiger partial charge in [-0.15, -0.1) is 0 Å². The molecule has 0 saturated heterocycles. The van der Waals surface area contributed by atoms with Crippen molar-refractivity contribution in [1.29, 1.82) is 0 Å². The molecule has 112 valence electrons. The highest BCUT2D eigenvalue weighted by Gasteiger charge is 2.20. The molecular weight excluding hydrogens is 244 g/mol. The van der Waals surface area contributed by atoms with Crippen LogP contribution in [0.5, 0.6) is 0 Å². The fourth-order valence-electron chi connectivity index (χ4n) is 3.30. The van der Waals surface area contributed by atoms with Gasteiger partial charge in [0.2, 0.25) is 0 Å². The molecule has 1 aromatic rings. The summed E-state index contributed by atoms with van der Waals surface area (Å²) in [6.07, 6.45) is 12.2. The fourth-order valence-corrected chi connectivity index (χ4v) is 3.30. The second-order valence-corrected chi connectivity index (χ2v) is 6.41. The number of aliphatic hydroxyl groups excluding tert-OH is 1. The molecule has 0 aromatic heterocycles. The van der Waals surface area contributed by atoms with Crippen LogP contribution in [0.1, 0.15) is 81.8 Å². The summed E-state index contributed by atoms with van der Waals surface area (Å²) < 4.78 is 0. The van der Waals surface area contributed by atoms with E-state index in [4.69, 9.17) is 0 Å². The number of hydrogen-bond donors (Lipinski definition) is 1.